The Morgan fingerprint density at radius 3 is 2.77 bits per heavy atom. The van der Waals surface area contributed by atoms with Crippen molar-refractivity contribution in [3.8, 4) is 0 Å². The van der Waals surface area contributed by atoms with Gasteiger partial charge in [0.15, 0.2) is 11.9 Å². The number of fused-ring (bicyclic) bond motifs is 1. The second-order valence-corrected chi connectivity index (χ2v) is 9.12. The molecule has 30 heavy (non-hydrogen) atoms. The zero-order valence-electron chi connectivity index (χ0n) is 15.9. The fourth-order valence-corrected chi connectivity index (χ4v) is 4.38. The Labute approximate surface area is 176 Å². The highest BCUT2D eigenvalue weighted by atomic mass is 32.2. The van der Waals surface area contributed by atoms with Gasteiger partial charge >= 0.3 is 10.3 Å². The molecule has 11 nitrogen and oxygen atoms in total. The summed E-state index contributed by atoms with van der Waals surface area (Å²) >= 11 is 1.40. The Morgan fingerprint density at radius 1 is 1.33 bits per heavy atom. The molecule has 1 aliphatic rings. The topological polar surface area (TPSA) is 168 Å². The Balaban J connectivity index is 1.65. The molecule has 0 bridgehead atoms. The highest BCUT2D eigenvalue weighted by molar-refractivity contribution is 7.99. The van der Waals surface area contributed by atoms with E-state index in [2.05, 4.69) is 19.2 Å². The van der Waals surface area contributed by atoms with Crippen molar-refractivity contribution in [3.63, 3.8) is 0 Å². The monoisotopic (exact) mass is 452 g/mol. The first-order valence-corrected chi connectivity index (χ1v) is 11.2. The van der Waals surface area contributed by atoms with Crippen LogP contribution in [0.3, 0.4) is 0 Å². The average Bonchev–Trinajstić information content (AvgIpc) is 3.23. The third-order valence-corrected chi connectivity index (χ3v) is 6.05. The van der Waals surface area contributed by atoms with Crippen LogP contribution in [0.25, 0.3) is 11.0 Å². The SMILES string of the molecule is Cc1ccc(Sc2nn([C@H]3C[C@H](O)[C@@H](COS(N)(=O)=O)O3)c3ncnc(N)c23)cc1. The minimum Gasteiger partial charge on any atom is -0.390 e. The van der Waals surface area contributed by atoms with Crippen LogP contribution in [0, 0.1) is 6.92 Å². The van der Waals surface area contributed by atoms with Crippen LogP contribution < -0.4 is 10.9 Å². The van der Waals surface area contributed by atoms with Gasteiger partial charge in [-0.1, -0.05) is 29.5 Å². The van der Waals surface area contributed by atoms with E-state index in [9.17, 15) is 13.5 Å². The molecule has 160 valence electrons. The summed E-state index contributed by atoms with van der Waals surface area (Å²) in [5.74, 6) is 0.272. The van der Waals surface area contributed by atoms with E-state index in [0.29, 0.717) is 16.1 Å². The number of hydrogen-bond acceptors (Lipinski definition) is 10. The van der Waals surface area contributed by atoms with Crippen LogP contribution in [-0.4, -0.2) is 52.1 Å². The van der Waals surface area contributed by atoms with E-state index in [4.69, 9.17) is 15.6 Å². The molecular formula is C17H20N6O5S2. The summed E-state index contributed by atoms with van der Waals surface area (Å²) < 4.78 is 33.9. The van der Waals surface area contributed by atoms with Gasteiger partial charge in [-0.05, 0) is 19.1 Å². The molecule has 4 rings (SSSR count). The zero-order valence-corrected chi connectivity index (χ0v) is 17.5. The Bertz CT molecular complexity index is 1170. The van der Waals surface area contributed by atoms with Crippen molar-refractivity contribution in [1.29, 1.82) is 0 Å². The summed E-state index contributed by atoms with van der Waals surface area (Å²) in [5.41, 5.74) is 7.67. The molecule has 2 aromatic heterocycles. The molecule has 1 saturated heterocycles. The fourth-order valence-electron chi connectivity index (χ4n) is 3.13. The molecule has 1 aromatic carbocycles. The number of aliphatic hydroxyl groups excluding tert-OH is 1. The lowest BCUT2D eigenvalue weighted by molar-refractivity contribution is -0.0415. The Morgan fingerprint density at radius 2 is 2.07 bits per heavy atom. The number of hydrogen-bond donors (Lipinski definition) is 3. The van der Waals surface area contributed by atoms with Gasteiger partial charge in [-0.2, -0.15) is 13.5 Å². The molecule has 1 fully saturated rings. The fraction of sp³-hybridized carbons (Fsp3) is 0.353. The summed E-state index contributed by atoms with van der Waals surface area (Å²) in [7, 11) is -4.15. The molecule has 3 heterocycles. The van der Waals surface area contributed by atoms with Crippen LogP contribution >= 0.6 is 11.8 Å². The summed E-state index contributed by atoms with van der Waals surface area (Å²) in [6.07, 6.45) is -1.07. The maximum atomic E-state index is 11.0. The maximum Gasteiger partial charge on any atom is 0.333 e. The van der Waals surface area contributed by atoms with Crippen molar-refractivity contribution in [1.82, 2.24) is 19.7 Å². The molecule has 3 atom stereocenters. The van der Waals surface area contributed by atoms with Crippen LogP contribution in [0.15, 0.2) is 40.5 Å². The Kier molecular flexibility index (Phi) is 5.65. The number of aromatic nitrogens is 4. The van der Waals surface area contributed by atoms with Crippen LogP contribution in [0.5, 0.6) is 0 Å². The molecule has 0 radical (unpaired) electrons. The van der Waals surface area contributed by atoms with Gasteiger partial charge in [0.25, 0.3) is 0 Å². The van der Waals surface area contributed by atoms with E-state index >= 15 is 0 Å². The van der Waals surface area contributed by atoms with Crippen molar-refractivity contribution in [2.24, 2.45) is 5.14 Å². The van der Waals surface area contributed by atoms with Crippen molar-refractivity contribution < 1.29 is 22.4 Å². The van der Waals surface area contributed by atoms with Gasteiger partial charge in [-0.25, -0.2) is 19.8 Å². The molecule has 3 aromatic rings. The van der Waals surface area contributed by atoms with Crippen molar-refractivity contribution in [2.75, 3.05) is 12.3 Å². The van der Waals surface area contributed by atoms with Crippen LogP contribution in [-0.2, 0) is 19.2 Å². The molecule has 0 aliphatic carbocycles. The third kappa shape index (κ3) is 4.40. The first kappa shape index (κ1) is 21.0. The smallest absolute Gasteiger partial charge is 0.333 e. The summed E-state index contributed by atoms with van der Waals surface area (Å²) in [6, 6.07) is 7.93. The lowest BCUT2D eigenvalue weighted by atomic mass is 10.2. The van der Waals surface area contributed by atoms with E-state index in [-0.39, 0.29) is 12.2 Å². The number of benzene rings is 1. The van der Waals surface area contributed by atoms with Crippen molar-refractivity contribution in [2.45, 2.75) is 41.7 Å². The summed E-state index contributed by atoms with van der Waals surface area (Å²) in [4.78, 5) is 9.31. The average molecular weight is 453 g/mol. The Hall–Kier alpha value is -2.29. The number of nitrogen functional groups attached to an aromatic ring is 1. The number of rotatable bonds is 6. The number of nitrogens with two attached hydrogens (primary N) is 2. The minimum atomic E-state index is -4.15. The first-order chi connectivity index (χ1) is 14.2. The normalized spacial score (nSPS) is 22.0. The van der Waals surface area contributed by atoms with Gasteiger partial charge in [-0.3, -0.25) is 4.18 Å². The van der Waals surface area contributed by atoms with E-state index in [1.165, 1.54) is 22.8 Å². The second-order valence-electron chi connectivity index (χ2n) is 6.83. The predicted molar refractivity (Wildman–Crippen MR) is 109 cm³/mol. The lowest BCUT2D eigenvalue weighted by Crippen LogP contribution is -2.30. The molecule has 0 unspecified atom stereocenters. The number of aryl methyl sites for hydroxylation is 1. The summed E-state index contributed by atoms with van der Waals surface area (Å²) in [6.45, 7) is 1.60. The van der Waals surface area contributed by atoms with Crippen molar-refractivity contribution in [3.05, 3.63) is 36.2 Å². The van der Waals surface area contributed by atoms with Crippen LogP contribution in [0.1, 0.15) is 18.2 Å². The largest absolute Gasteiger partial charge is 0.390 e. The minimum absolute atomic E-state index is 0.161. The van der Waals surface area contributed by atoms with Gasteiger partial charge in [0.1, 0.15) is 23.3 Å². The van der Waals surface area contributed by atoms with E-state index in [0.717, 1.165) is 10.5 Å². The standard InChI is InChI=1S/C17H20N6O5S2/c1-9-2-4-10(5-3-9)29-17-14-15(18)20-8-21-16(14)23(22-17)13-6-11(24)12(28-13)7-27-30(19,25)26/h2-5,8,11-13,24H,6-7H2,1H3,(H2,18,20,21)(H2,19,25,26)/t11-,12+,13+/m0/s1. The van der Waals surface area contributed by atoms with Gasteiger partial charge in [0, 0.05) is 11.3 Å². The predicted octanol–water partition coefficient (Wildman–Crippen LogP) is 0.737. The molecule has 13 heteroatoms. The van der Waals surface area contributed by atoms with Crippen LogP contribution in [0.2, 0.25) is 0 Å². The number of aliphatic hydroxyl groups is 1. The van der Waals surface area contributed by atoms with E-state index in [1.54, 1.807) is 0 Å². The van der Waals surface area contributed by atoms with Gasteiger partial charge in [0.2, 0.25) is 0 Å². The number of ether oxygens (including phenoxy) is 1. The first-order valence-electron chi connectivity index (χ1n) is 8.95. The number of nitrogens with zero attached hydrogens (tertiary/aromatic N) is 4. The zero-order chi connectivity index (χ0) is 21.5. The quantitative estimate of drug-likeness (QED) is 0.485. The second kappa shape index (κ2) is 8.09. The number of anilines is 1. The molecule has 0 amide bonds. The summed E-state index contributed by atoms with van der Waals surface area (Å²) in [5, 5.41) is 20.9. The molecular weight excluding hydrogens is 432 g/mol. The molecule has 0 saturated carbocycles. The molecule has 5 N–H and O–H groups in total. The van der Waals surface area contributed by atoms with Gasteiger partial charge < -0.3 is 15.6 Å². The molecule has 0 spiro atoms. The van der Waals surface area contributed by atoms with Crippen LogP contribution in [0.4, 0.5) is 5.82 Å². The lowest BCUT2D eigenvalue weighted by Gasteiger charge is -2.14. The highest BCUT2D eigenvalue weighted by Crippen LogP contribution is 2.38. The van der Waals surface area contributed by atoms with E-state index in [1.807, 2.05) is 31.2 Å². The van der Waals surface area contributed by atoms with E-state index < -0.39 is 35.3 Å². The van der Waals surface area contributed by atoms with Crippen molar-refractivity contribution >= 4 is 38.9 Å². The maximum absolute atomic E-state index is 11.0. The van der Waals surface area contributed by atoms with Gasteiger partial charge in [0.05, 0.1) is 18.1 Å². The molecule has 1 aliphatic heterocycles. The third-order valence-electron chi connectivity index (χ3n) is 4.60. The van der Waals surface area contributed by atoms with Gasteiger partial charge in [-0.15, -0.1) is 0 Å². The highest BCUT2D eigenvalue weighted by Gasteiger charge is 2.38.